The van der Waals surface area contributed by atoms with Crippen molar-refractivity contribution in [1.82, 2.24) is 10.3 Å². The Kier molecular flexibility index (Phi) is 3.56. The zero-order chi connectivity index (χ0) is 10.5. The minimum absolute atomic E-state index is 0.745. The molecule has 0 spiro atoms. The molecule has 1 fully saturated rings. The Morgan fingerprint density at radius 3 is 3.27 bits per heavy atom. The monoisotopic (exact) mass is 206 g/mol. The summed E-state index contributed by atoms with van der Waals surface area (Å²) in [5, 5.41) is 3.44. The molecule has 1 aliphatic heterocycles. The van der Waals surface area contributed by atoms with Gasteiger partial charge < -0.3 is 10.1 Å². The summed E-state index contributed by atoms with van der Waals surface area (Å²) in [4.78, 5) is 4.07. The van der Waals surface area contributed by atoms with E-state index in [1.165, 1.54) is 24.9 Å². The van der Waals surface area contributed by atoms with Crippen molar-refractivity contribution in [1.29, 1.82) is 0 Å². The molecule has 1 aromatic rings. The maximum atomic E-state index is 5.30. The third-order valence-corrected chi connectivity index (χ3v) is 3.00. The Morgan fingerprint density at radius 1 is 1.60 bits per heavy atom. The van der Waals surface area contributed by atoms with Gasteiger partial charge in [0.05, 0.1) is 13.3 Å². The second kappa shape index (κ2) is 5.12. The fourth-order valence-electron chi connectivity index (χ4n) is 2.17. The Labute approximate surface area is 90.9 Å². The van der Waals surface area contributed by atoms with E-state index in [1.807, 2.05) is 6.20 Å². The van der Waals surface area contributed by atoms with E-state index in [0.29, 0.717) is 0 Å². The molecular weight excluding hydrogens is 188 g/mol. The maximum Gasteiger partial charge on any atom is 0.140 e. The van der Waals surface area contributed by atoms with Crippen LogP contribution in [0, 0.1) is 5.92 Å². The Bertz CT molecular complexity index is 308. The first-order chi connectivity index (χ1) is 7.40. The molecule has 0 radical (unpaired) electrons. The van der Waals surface area contributed by atoms with E-state index in [1.54, 1.807) is 13.3 Å². The number of hydrogen-bond acceptors (Lipinski definition) is 3. The molecule has 0 bridgehead atoms. The lowest BCUT2D eigenvalue weighted by Crippen LogP contribution is -2.30. The number of piperidine rings is 1. The van der Waals surface area contributed by atoms with E-state index in [0.717, 1.165) is 24.6 Å². The number of aromatic nitrogens is 1. The van der Waals surface area contributed by atoms with Crippen LogP contribution in [-0.4, -0.2) is 25.2 Å². The lowest BCUT2D eigenvalue weighted by Gasteiger charge is -2.23. The van der Waals surface area contributed by atoms with Gasteiger partial charge >= 0.3 is 0 Å². The van der Waals surface area contributed by atoms with Crippen molar-refractivity contribution in [3.8, 4) is 5.75 Å². The molecule has 2 rings (SSSR count). The normalized spacial score (nSPS) is 21.3. The molecule has 2 heterocycles. The highest BCUT2D eigenvalue weighted by molar-refractivity contribution is 5.30. The van der Waals surface area contributed by atoms with Crippen LogP contribution >= 0.6 is 0 Å². The van der Waals surface area contributed by atoms with Gasteiger partial charge in [0.25, 0.3) is 0 Å². The first-order valence-electron chi connectivity index (χ1n) is 5.57. The van der Waals surface area contributed by atoms with E-state index in [2.05, 4.69) is 16.4 Å². The number of pyridine rings is 1. The van der Waals surface area contributed by atoms with Crippen LogP contribution in [-0.2, 0) is 6.42 Å². The number of rotatable bonds is 3. The fourth-order valence-corrected chi connectivity index (χ4v) is 2.17. The van der Waals surface area contributed by atoms with Crippen LogP contribution in [0.2, 0.25) is 0 Å². The van der Waals surface area contributed by atoms with Crippen LogP contribution in [0.3, 0.4) is 0 Å². The van der Waals surface area contributed by atoms with Crippen LogP contribution < -0.4 is 10.1 Å². The van der Waals surface area contributed by atoms with Crippen LogP contribution in [0.15, 0.2) is 18.5 Å². The van der Waals surface area contributed by atoms with Crippen LogP contribution in [0.1, 0.15) is 18.4 Å². The summed E-state index contributed by atoms with van der Waals surface area (Å²) >= 11 is 0. The Hall–Kier alpha value is -1.09. The van der Waals surface area contributed by atoms with Crippen molar-refractivity contribution in [2.45, 2.75) is 19.3 Å². The molecule has 0 aromatic carbocycles. The molecule has 0 saturated carbocycles. The lowest BCUT2D eigenvalue weighted by molar-refractivity contribution is 0.363. The molecule has 1 N–H and O–H groups in total. The summed E-state index contributed by atoms with van der Waals surface area (Å²) in [5.74, 6) is 1.66. The van der Waals surface area contributed by atoms with Gasteiger partial charge in [-0.2, -0.15) is 0 Å². The van der Waals surface area contributed by atoms with Crippen LogP contribution in [0.25, 0.3) is 0 Å². The predicted octanol–water partition coefficient (Wildman–Crippen LogP) is 1.63. The van der Waals surface area contributed by atoms with Crippen molar-refractivity contribution in [2.75, 3.05) is 20.2 Å². The minimum atomic E-state index is 0.745. The number of hydrogen-bond donors (Lipinski definition) is 1. The van der Waals surface area contributed by atoms with Crippen molar-refractivity contribution >= 4 is 0 Å². The first-order valence-corrected chi connectivity index (χ1v) is 5.57. The minimum Gasteiger partial charge on any atom is -0.495 e. The topological polar surface area (TPSA) is 34.1 Å². The van der Waals surface area contributed by atoms with Gasteiger partial charge in [-0.05, 0) is 49.9 Å². The molecule has 1 unspecified atom stereocenters. The third-order valence-electron chi connectivity index (χ3n) is 3.00. The average molecular weight is 206 g/mol. The Balaban J connectivity index is 2.02. The van der Waals surface area contributed by atoms with Crippen molar-refractivity contribution in [3.63, 3.8) is 0 Å². The summed E-state index contributed by atoms with van der Waals surface area (Å²) < 4.78 is 5.30. The standard InChI is InChI=1S/C12H18N2O/c1-15-12-9-14-6-4-11(12)7-10-3-2-5-13-8-10/h4,6,9-10,13H,2-3,5,7-8H2,1H3. The largest absolute Gasteiger partial charge is 0.495 e. The smallest absolute Gasteiger partial charge is 0.140 e. The average Bonchev–Trinajstić information content (AvgIpc) is 2.31. The third kappa shape index (κ3) is 2.69. The van der Waals surface area contributed by atoms with E-state index in [-0.39, 0.29) is 0 Å². The summed E-state index contributed by atoms with van der Waals surface area (Å²) in [6.07, 6.45) is 7.34. The van der Waals surface area contributed by atoms with Crippen LogP contribution in [0.4, 0.5) is 0 Å². The van der Waals surface area contributed by atoms with Crippen molar-refractivity contribution < 1.29 is 4.74 Å². The quantitative estimate of drug-likeness (QED) is 0.816. The SMILES string of the molecule is COc1cnccc1CC1CCCNC1. The molecule has 1 atom stereocenters. The Morgan fingerprint density at radius 2 is 2.53 bits per heavy atom. The predicted molar refractivity (Wildman–Crippen MR) is 60.1 cm³/mol. The van der Waals surface area contributed by atoms with E-state index >= 15 is 0 Å². The van der Waals surface area contributed by atoms with Crippen molar-refractivity contribution in [2.24, 2.45) is 5.92 Å². The number of ether oxygens (including phenoxy) is 1. The molecule has 1 aromatic heterocycles. The van der Waals surface area contributed by atoms with Gasteiger partial charge in [-0.1, -0.05) is 0 Å². The second-order valence-corrected chi connectivity index (χ2v) is 4.10. The van der Waals surface area contributed by atoms with Gasteiger partial charge in [-0.25, -0.2) is 0 Å². The maximum absolute atomic E-state index is 5.30. The van der Waals surface area contributed by atoms with Gasteiger partial charge in [0, 0.05) is 6.20 Å². The molecule has 1 saturated heterocycles. The van der Waals surface area contributed by atoms with E-state index in [9.17, 15) is 0 Å². The fraction of sp³-hybridized carbons (Fsp3) is 0.583. The van der Waals surface area contributed by atoms with E-state index < -0.39 is 0 Å². The molecule has 15 heavy (non-hydrogen) atoms. The number of nitrogens with zero attached hydrogens (tertiary/aromatic N) is 1. The number of methoxy groups -OCH3 is 1. The molecule has 0 aliphatic carbocycles. The lowest BCUT2D eigenvalue weighted by atomic mass is 9.92. The second-order valence-electron chi connectivity index (χ2n) is 4.10. The summed E-state index contributed by atoms with van der Waals surface area (Å²) in [5.41, 5.74) is 1.28. The van der Waals surface area contributed by atoms with Gasteiger partial charge in [0.2, 0.25) is 0 Å². The molecule has 3 heteroatoms. The van der Waals surface area contributed by atoms with Crippen molar-refractivity contribution in [3.05, 3.63) is 24.0 Å². The molecule has 3 nitrogen and oxygen atoms in total. The van der Waals surface area contributed by atoms with Crippen LogP contribution in [0.5, 0.6) is 5.75 Å². The first kappa shape index (κ1) is 10.4. The summed E-state index contributed by atoms with van der Waals surface area (Å²) in [7, 11) is 1.71. The zero-order valence-electron chi connectivity index (χ0n) is 9.20. The molecular formula is C12H18N2O. The van der Waals surface area contributed by atoms with E-state index in [4.69, 9.17) is 4.74 Å². The molecule has 82 valence electrons. The zero-order valence-corrected chi connectivity index (χ0v) is 9.20. The van der Waals surface area contributed by atoms with Gasteiger partial charge in [0.1, 0.15) is 5.75 Å². The van der Waals surface area contributed by atoms with Gasteiger partial charge in [0.15, 0.2) is 0 Å². The highest BCUT2D eigenvalue weighted by Gasteiger charge is 2.15. The summed E-state index contributed by atoms with van der Waals surface area (Å²) in [6.45, 7) is 2.30. The highest BCUT2D eigenvalue weighted by Crippen LogP contribution is 2.22. The molecule has 0 amide bonds. The number of nitrogens with one attached hydrogen (secondary N) is 1. The summed E-state index contributed by atoms with van der Waals surface area (Å²) in [6, 6.07) is 2.06. The van der Waals surface area contributed by atoms with Gasteiger partial charge in [-0.3, -0.25) is 4.98 Å². The highest BCUT2D eigenvalue weighted by atomic mass is 16.5. The van der Waals surface area contributed by atoms with Gasteiger partial charge in [-0.15, -0.1) is 0 Å². The molecule has 1 aliphatic rings.